The smallest absolute Gasteiger partial charge is 0.275 e. The summed E-state index contributed by atoms with van der Waals surface area (Å²) in [6.45, 7) is 4.89. The Hall–Kier alpha value is -3.20. The van der Waals surface area contributed by atoms with Gasteiger partial charge in [-0.1, -0.05) is 6.92 Å². The highest BCUT2D eigenvalue weighted by atomic mass is 16.5. The lowest BCUT2D eigenvalue weighted by Crippen LogP contribution is -2.32. The molecule has 0 saturated carbocycles. The highest BCUT2D eigenvalue weighted by Crippen LogP contribution is 2.30. The lowest BCUT2D eigenvalue weighted by atomic mass is 10.2. The molecule has 0 bridgehead atoms. The van der Waals surface area contributed by atoms with Crippen LogP contribution in [0.1, 0.15) is 23.8 Å². The van der Waals surface area contributed by atoms with Gasteiger partial charge >= 0.3 is 0 Å². The Labute approximate surface area is 169 Å². The fourth-order valence-corrected chi connectivity index (χ4v) is 3.65. The largest absolute Gasteiger partial charge is 0.494 e. The van der Waals surface area contributed by atoms with Crippen LogP contribution in [-0.4, -0.2) is 58.4 Å². The van der Waals surface area contributed by atoms with Crippen molar-refractivity contribution in [3.8, 4) is 5.75 Å². The Kier molecular flexibility index (Phi) is 5.30. The molecule has 1 fully saturated rings. The number of hydrogen-bond acceptors (Lipinski definition) is 7. The van der Waals surface area contributed by atoms with E-state index in [9.17, 15) is 4.79 Å². The number of ether oxygens (including phenoxy) is 1. The summed E-state index contributed by atoms with van der Waals surface area (Å²) in [4.78, 5) is 23.6. The molecule has 1 aliphatic rings. The van der Waals surface area contributed by atoms with E-state index in [2.05, 4.69) is 37.5 Å². The van der Waals surface area contributed by atoms with E-state index in [1.54, 1.807) is 24.1 Å². The van der Waals surface area contributed by atoms with Gasteiger partial charge in [0.05, 0.1) is 30.7 Å². The van der Waals surface area contributed by atoms with Gasteiger partial charge in [0.2, 0.25) is 0 Å². The zero-order valence-electron chi connectivity index (χ0n) is 16.8. The first-order valence-corrected chi connectivity index (χ1v) is 9.70. The molecule has 0 aliphatic carbocycles. The van der Waals surface area contributed by atoms with E-state index in [1.807, 2.05) is 19.3 Å². The van der Waals surface area contributed by atoms with Crippen LogP contribution in [0.4, 0.5) is 11.5 Å². The van der Waals surface area contributed by atoms with Crippen molar-refractivity contribution in [1.29, 1.82) is 0 Å². The van der Waals surface area contributed by atoms with E-state index >= 15 is 0 Å². The average Bonchev–Trinajstić information content (AvgIpc) is 3.33. The zero-order valence-corrected chi connectivity index (χ0v) is 16.8. The SMILES string of the molecule is CCNC1CCN(c2cnc(C(=O)Nc3cc4cn(C)nc4cc3OC)cn2)C1. The van der Waals surface area contributed by atoms with Crippen molar-refractivity contribution in [2.75, 3.05) is 37.0 Å². The molecule has 29 heavy (non-hydrogen) atoms. The van der Waals surface area contributed by atoms with Gasteiger partial charge in [0.1, 0.15) is 17.3 Å². The van der Waals surface area contributed by atoms with Gasteiger partial charge in [0.15, 0.2) is 0 Å². The molecule has 0 spiro atoms. The highest BCUT2D eigenvalue weighted by molar-refractivity contribution is 6.04. The number of benzene rings is 1. The molecule has 0 radical (unpaired) electrons. The molecule has 1 atom stereocenters. The lowest BCUT2D eigenvalue weighted by molar-refractivity contribution is 0.102. The predicted molar refractivity (Wildman–Crippen MR) is 112 cm³/mol. The van der Waals surface area contributed by atoms with E-state index in [-0.39, 0.29) is 11.6 Å². The number of fused-ring (bicyclic) bond motifs is 1. The van der Waals surface area contributed by atoms with E-state index in [0.29, 0.717) is 17.5 Å². The normalized spacial score (nSPS) is 16.4. The summed E-state index contributed by atoms with van der Waals surface area (Å²) in [7, 11) is 3.41. The van der Waals surface area contributed by atoms with Gasteiger partial charge in [-0.25, -0.2) is 9.97 Å². The Balaban J connectivity index is 1.48. The number of carbonyl (C=O) groups is 1. The molecule has 3 heterocycles. The van der Waals surface area contributed by atoms with Gasteiger partial charge in [-0.2, -0.15) is 5.10 Å². The minimum atomic E-state index is -0.336. The molecular weight excluding hydrogens is 370 g/mol. The number of anilines is 2. The number of likely N-dealkylation sites (N-methyl/N-ethyl adjacent to an activating group) is 1. The molecule has 1 aromatic carbocycles. The second-order valence-electron chi connectivity index (χ2n) is 7.12. The maximum atomic E-state index is 12.7. The van der Waals surface area contributed by atoms with Crippen molar-refractivity contribution < 1.29 is 9.53 Å². The maximum Gasteiger partial charge on any atom is 0.275 e. The van der Waals surface area contributed by atoms with Crippen LogP contribution in [0, 0.1) is 0 Å². The third-order valence-electron chi connectivity index (χ3n) is 5.06. The molecular formula is C20H25N7O2. The minimum absolute atomic E-state index is 0.254. The number of nitrogens with zero attached hydrogens (tertiary/aromatic N) is 5. The second kappa shape index (κ2) is 8.04. The molecule has 152 valence electrons. The van der Waals surface area contributed by atoms with Crippen LogP contribution in [0.3, 0.4) is 0 Å². The molecule has 4 rings (SSSR count). The average molecular weight is 395 g/mol. The summed E-state index contributed by atoms with van der Waals surface area (Å²) in [5.74, 6) is 0.995. The molecule has 1 saturated heterocycles. The number of aromatic nitrogens is 4. The van der Waals surface area contributed by atoms with Crippen molar-refractivity contribution >= 4 is 28.3 Å². The molecule has 3 aromatic rings. The topological polar surface area (TPSA) is 97.2 Å². The van der Waals surface area contributed by atoms with Crippen LogP contribution in [0.5, 0.6) is 5.75 Å². The van der Waals surface area contributed by atoms with Crippen molar-refractivity contribution in [2.24, 2.45) is 7.05 Å². The second-order valence-corrected chi connectivity index (χ2v) is 7.12. The Morgan fingerprint density at radius 1 is 1.31 bits per heavy atom. The monoisotopic (exact) mass is 395 g/mol. The number of nitrogens with one attached hydrogen (secondary N) is 2. The maximum absolute atomic E-state index is 12.7. The van der Waals surface area contributed by atoms with Crippen LogP contribution >= 0.6 is 0 Å². The predicted octanol–water partition coefficient (Wildman–Crippen LogP) is 1.81. The Bertz CT molecular complexity index is 1020. The number of carbonyl (C=O) groups excluding carboxylic acids is 1. The number of aryl methyl sites for hydroxylation is 1. The number of amides is 1. The van der Waals surface area contributed by atoms with Gasteiger partial charge in [-0.3, -0.25) is 9.48 Å². The van der Waals surface area contributed by atoms with Gasteiger partial charge in [0.25, 0.3) is 5.91 Å². The fraction of sp³-hybridized carbons (Fsp3) is 0.400. The van der Waals surface area contributed by atoms with Gasteiger partial charge < -0.3 is 20.3 Å². The van der Waals surface area contributed by atoms with Crippen LogP contribution in [0.15, 0.2) is 30.7 Å². The van der Waals surface area contributed by atoms with Crippen LogP contribution < -0.4 is 20.3 Å². The van der Waals surface area contributed by atoms with Gasteiger partial charge in [-0.05, 0) is 19.0 Å². The van der Waals surface area contributed by atoms with Crippen molar-refractivity contribution in [3.63, 3.8) is 0 Å². The molecule has 9 heteroatoms. The van der Waals surface area contributed by atoms with Crippen LogP contribution in [0.25, 0.3) is 10.9 Å². The molecule has 1 amide bonds. The third-order valence-corrected chi connectivity index (χ3v) is 5.06. The first kappa shape index (κ1) is 19.1. The van der Waals surface area contributed by atoms with E-state index < -0.39 is 0 Å². The zero-order chi connectivity index (χ0) is 20.4. The quantitative estimate of drug-likeness (QED) is 0.657. The van der Waals surface area contributed by atoms with E-state index in [1.165, 1.54) is 6.20 Å². The first-order valence-electron chi connectivity index (χ1n) is 9.70. The Morgan fingerprint density at radius 3 is 2.90 bits per heavy atom. The summed E-state index contributed by atoms with van der Waals surface area (Å²) < 4.78 is 7.12. The molecule has 2 N–H and O–H groups in total. The van der Waals surface area contributed by atoms with Crippen molar-refractivity contribution in [3.05, 3.63) is 36.4 Å². The first-order chi connectivity index (χ1) is 14.1. The Morgan fingerprint density at radius 2 is 2.17 bits per heavy atom. The molecule has 2 aromatic heterocycles. The van der Waals surface area contributed by atoms with Gasteiger partial charge in [0, 0.05) is 43.8 Å². The molecule has 1 aliphatic heterocycles. The molecule has 1 unspecified atom stereocenters. The summed E-state index contributed by atoms with van der Waals surface area (Å²) >= 11 is 0. The number of methoxy groups -OCH3 is 1. The van der Waals surface area contributed by atoms with Crippen molar-refractivity contribution in [2.45, 2.75) is 19.4 Å². The summed E-state index contributed by atoms with van der Waals surface area (Å²) in [6, 6.07) is 4.11. The molecule has 9 nitrogen and oxygen atoms in total. The number of rotatable bonds is 6. The fourth-order valence-electron chi connectivity index (χ4n) is 3.65. The third kappa shape index (κ3) is 4.00. The standard InChI is InChI=1S/C20H25N7O2/c1-4-21-14-5-6-27(12-14)19-10-22-17(9-23-19)20(28)24-16-7-13-11-26(2)25-15(13)8-18(16)29-3/h7-11,14,21H,4-6,12H2,1-3H3,(H,24,28). The minimum Gasteiger partial charge on any atom is -0.494 e. The summed E-state index contributed by atoms with van der Waals surface area (Å²) in [5.41, 5.74) is 1.62. The highest BCUT2D eigenvalue weighted by Gasteiger charge is 2.23. The number of hydrogen-bond donors (Lipinski definition) is 2. The van der Waals surface area contributed by atoms with Gasteiger partial charge in [-0.15, -0.1) is 0 Å². The van der Waals surface area contributed by atoms with E-state index in [4.69, 9.17) is 4.74 Å². The lowest BCUT2D eigenvalue weighted by Gasteiger charge is -2.17. The van der Waals surface area contributed by atoms with Crippen molar-refractivity contribution in [1.82, 2.24) is 25.1 Å². The van der Waals surface area contributed by atoms with Crippen LogP contribution in [0.2, 0.25) is 0 Å². The van der Waals surface area contributed by atoms with E-state index in [0.717, 1.165) is 42.8 Å². The van der Waals surface area contributed by atoms with Crippen LogP contribution in [-0.2, 0) is 7.05 Å². The summed E-state index contributed by atoms with van der Waals surface area (Å²) in [5, 5.41) is 11.6. The summed E-state index contributed by atoms with van der Waals surface area (Å²) in [6.07, 6.45) is 6.13.